The van der Waals surface area contributed by atoms with Crippen LogP contribution < -0.4 is 5.32 Å². The summed E-state index contributed by atoms with van der Waals surface area (Å²) in [6.07, 6.45) is 1.57. The summed E-state index contributed by atoms with van der Waals surface area (Å²) in [4.78, 5) is 4.00. The number of pyridine rings is 1. The summed E-state index contributed by atoms with van der Waals surface area (Å²) >= 11 is 21.2. The molecule has 1 heterocycles. The number of aromatic nitrogens is 1. The van der Waals surface area contributed by atoms with Crippen LogP contribution in [0.4, 0.5) is 10.1 Å². The molecule has 1 N–H and O–H groups in total. The van der Waals surface area contributed by atoms with Crippen LogP contribution in [0.3, 0.4) is 0 Å². The smallest absolute Gasteiger partial charge is 0.143 e. The lowest BCUT2D eigenvalue weighted by atomic mass is 10.1. The van der Waals surface area contributed by atoms with Gasteiger partial charge in [-0.05, 0) is 41.1 Å². The molecule has 0 saturated carbocycles. The molecule has 0 radical (unpaired) electrons. The fraction of sp³-hybridized carbons (Fsp3) is 0.154. The van der Waals surface area contributed by atoms with Crippen molar-refractivity contribution < 1.29 is 4.39 Å². The van der Waals surface area contributed by atoms with Gasteiger partial charge in [0.2, 0.25) is 0 Å². The zero-order valence-electron chi connectivity index (χ0n) is 10.2. The summed E-state index contributed by atoms with van der Waals surface area (Å²) in [5.74, 6) is -0.505. The number of hydrogen-bond acceptors (Lipinski definition) is 2. The number of hydrogen-bond donors (Lipinski definition) is 1. The monoisotopic (exact) mass is 396 g/mol. The molecule has 0 saturated heterocycles. The van der Waals surface area contributed by atoms with E-state index in [1.165, 1.54) is 12.1 Å². The first kappa shape index (κ1) is 15.8. The molecule has 1 aromatic carbocycles. The first-order valence-electron chi connectivity index (χ1n) is 5.61. The van der Waals surface area contributed by atoms with Crippen molar-refractivity contribution >= 4 is 56.4 Å². The lowest BCUT2D eigenvalue weighted by molar-refractivity contribution is 0.624. The molecular formula is C13H9BrCl3FN2. The molecule has 7 heteroatoms. The van der Waals surface area contributed by atoms with Crippen molar-refractivity contribution in [1.82, 2.24) is 4.98 Å². The van der Waals surface area contributed by atoms with Crippen molar-refractivity contribution in [3.8, 4) is 0 Å². The van der Waals surface area contributed by atoms with Gasteiger partial charge in [-0.3, -0.25) is 0 Å². The van der Waals surface area contributed by atoms with Crippen LogP contribution in [0.25, 0.3) is 0 Å². The van der Waals surface area contributed by atoms with Crippen LogP contribution in [-0.2, 0) is 0 Å². The topological polar surface area (TPSA) is 24.9 Å². The highest BCUT2D eigenvalue weighted by Gasteiger charge is 2.17. The van der Waals surface area contributed by atoms with Crippen LogP contribution in [0, 0.1) is 5.82 Å². The standard InChI is InChI=1S/C13H9BrCl3FN2/c1-6(11-9(15)2-3-10(18)12(11)16)20-7-4-8(14)13(17)19-5-7/h2-6,20H,1H3. The number of anilines is 1. The Kier molecular flexibility index (Phi) is 5.13. The average molecular weight is 398 g/mol. The second kappa shape index (κ2) is 6.48. The second-order valence-corrected chi connectivity index (χ2v) is 6.12. The van der Waals surface area contributed by atoms with E-state index in [0.717, 1.165) is 0 Å². The molecule has 1 atom stereocenters. The van der Waals surface area contributed by atoms with Crippen molar-refractivity contribution in [2.45, 2.75) is 13.0 Å². The zero-order valence-corrected chi connectivity index (χ0v) is 14.1. The normalized spacial score (nSPS) is 12.3. The molecule has 2 rings (SSSR count). The van der Waals surface area contributed by atoms with Gasteiger partial charge < -0.3 is 5.32 Å². The van der Waals surface area contributed by atoms with Crippen LogP contribution in [-0.4, -0.2) is 4.98 Å². The van der Waals surface area contributed by atoms with Gasteiger partial charge in [0.25, 0.3) is 0 Å². The van der Waals surface area contributed by atoms with Crippen molar-refractivity contribution in [3.05, 3.63) is 55.4 Å². The van der Waals surface area contributed by atoms with E-state index in [4.69, 9.17) is 34.8 Å². The first-order chi connectivity index (χ1) is 9.40. The molecule has 106 valence electrons. The minimum atomic E-state index is -0.505. The number of rotatable bonds is 3. The van der Waals surface area contributed by atoms with Gasteiger partial charge in [-0.2, -0.15) is 0 Å². The second-order valence-electron chi connectivity index (χ2n) is 4.12. The highest BCUT2D eigenvalue weighted by molar-refractivity contribution is 9.10. The Bertz CT molecular complexity index is 652. The molecule has 2 nitrogen and oxygen atoms in total. The van der Waals surface area contributed by atoms with Crippen molar-refractivity contribution in [2.24, 2.45) is 0 Å². The lowest BCUT2D eigenvalue weighted by Gasteiger charge is -2.18. The summed E-state index contributed by atoms with van der Waals surface area (Å²) in [6.45, 7) is 1.83. The summed E-state index contributed by atoms with van der Waals surface area (Å²) in [5, 5.41) is 3.93. The van der Waals surface area contributed by atoms with Crippen molar-refractivity contribution in [1.29, 1.82) is 0 Å². The molecule has 1 aromatic heterocycles. The van der Waals surface area contributed by atoms with Gasteiger partial charge in [0.05, 0.1) is 27.4 Å². The Hall–Kier alpha value is -0.550. The van der Waals surface area contributed by atoms with Gasteiger partial charge in [0, 0.05) is 10.6 Å². The van der Waals surface area contributed by atoms with Crippen LogP contribution >= 0.6 is 50.7 Å². The van der Waals surface area contributed by atoms with E-state index in [2.05, 4.69) is 26.2 Å². The lowest BCUT2D eigenvalue weighted by Crippen LogP contribution is -2.09. The van der Waals surface area contributed by atoms with Crippen LogP contribution in [0.2, 0.25) is 15.2 Å². The SMILES string of the molecule is CC(Nc1cnc(Cl)c(Br)c1)c1c(Cl)ccc(F)c1Cl. The molecule has 0 spiro atoms. The maximum Gasteiger partial charge on any atom is 0.143 e. The third-order valence-electron chi connectivity index (χ3n) is 2.69. The number of halogens is 5. The van der Waals surface area contributed by atoms with Gasteiger partial charge in [0.1, 0.15) is 11.0 Å². The Morgan fingerprint density at radius 3 is 2.65 bits per heavy atom. The van der Waals surface area contributed by atoms with E-state index in [0.29, 0.717) is 25.9 Å². The van der Waals surface area contributed by atoms with E-state index in [-0.39, 0.29) is 11.1 Å². The van der Waals surface area contributed by atoms with Crippen molar-refractivity contribution in [3.63, 3.8) is 0 Å². The molecule has 1 unspecified atom stereocenters. The fourth-order valence-corrected chi connectivity index (χ4v) is 2.91. The van der Waals surface area contributed by atoms with E-state index >= 15 is 0 Å². The van der Waals surface area contributed by atoms with Crippen LogP contribution in [0.15, 0.2) is 28.9 Å². The molecular weight excluding hydrogens is 389 g/mol. The number of nitrogens with one attached hydrogen (secondary N) is 1. The zero-order chi connectivity index (χ0) is 14.9. The molecule has 0 amide bonds. The molecule has 20 heavy (non-hydrogen) atoms. The Balaban J connectivity index is 2.30. The summed E-state index contributed by atoms with van der Waals surface area (Å²) in [7, 11) is 0. The maximum absolute atomic E-state index is 13.5. The van der Waals surface area contributed by atoms with Gasteiger partial charge in [-0.1, -0.05) is 34.8 Å². The van der Waals surface area contributed by atoms with Gasteiger partial charge in [-0.25, -0.2) is 9.37 Å². The largest absolute Gasteiger partial charge is 0.377 e. The minimum absolute atomic E-state index is 0.0125. The predicted molar refractivity (Wildman–Crippen MR) is 85.4 cm³/mol. The highest BCUT2D eigenvalue weighted by Crippen LogP contribution is 2.34. The molecule has 2 aromatic rings. The average Bonchev–Trinajstić information content (AvgIpc) is 2.39. The summed E-state index contributed by atoms with van der Waals surface area (Å²) < 4.78 is 14.2. The predicted octanol–water partition coefficient (Wildman–Crippen LogP) is 6.12. The van der Waals surface area contributed by atoms with E-state index in [1.54, 1.807) is 12.3 Å². The maximum atomic E-state index is 13.5. The van der Waals surface area contributed by atoms with Gasteiger partial charge in [0.15, 0.2) is 0 Å². The molecule has 0 bridgehead atoms. The van der Waals surface area contributed by atoms with Gasteiger partial charge >= 0.3 is 0 Å². The summed E-state index contributed by atoms with van der Waals surface area (Å²) in [6, 6.07) is 4.20. The van der Waals surface area contributed by atoms with Crippen LogP contribution in [0.5, 0.6) is 0 Å². The third kappa shape index (κ3) is 3.37. The fourth-order valence-electron chi connectivity index (χ4n) is 1.76. The third-order valence-corrected chi connectivity index (χ3v) is 4.54. The first-order valence-corrected chi connectivity index (χ1v) is 7.54. The Morgan fingerprint density at radius 1 is 1.30 bits per heavy atom. The Morgan fingerprint density at radius 2 is 2.00 bits per heavy atom. The molecule has 0 aliphatic rings. The summed E-state index contributed by atoms with van der Waals surface area (Å²) in [5.41, 5.74) is 1.21. The van der Waals surface area contributed by atoms with Crippen LogP contribution in [0.1, 0.15) is 18.5 Å². The quantitative estimate of drug-likeness (QED) is 0.498. The van der Waals surface area contributed by atoms with E-state index < -0.39 is 5.82 Å². The minimum Gasteiger partial charge on any atom is -0.377 e. The van der Waals surface area contributed by atoms with E-state index in [9.17, 15) is 4.39 Å². The molecule has 0 aliphatic carbocycles. The van der Waals surface area contributed by atoms with Gasteiger partial charge in [-0.15, -0.1) is 0 Å². The molecule has 0 aliphatic heterocycles. The number of benzene rings is 1. The van der Waals surface area contributed by atoms with Crippen molar-refractivity contribution in [2.75, 3.05) is 5.32 Å². The van der Waals surface area contributed by atoms with E-state index in [1.807, 2.05) is 6.92 Å². The Labute approximate surface area is 139 Å². The number of nitrogens with zero attached hydrogens (tertiary/aromatic N) is 1. The molecule has 0 fully saturated rings. The highest BCUT2D eigenvalue weighted by atomic mass is 79.9.